The molecule has 0 aromatic carbocycles. The van der Waals surface area contributed by atoms with Crippen molar-refractivity contribution in [2.45, 2.75) is 37.8 Å². The number of nitrogens with zero attached hydrogens (tertiary/aromatic N) is 2. The lowest BCUT2D eigenvalue weighted by atomic mass is 9.94. The smallest absolute Gasteiger partial charge is 0.232 e. The predicted molar refractivity (Wildman–Crippen MR) is 52.9 cm³/mol. The summed E-state index contributed by atoms with van der Waals surface area (Å²) < 4.78 is 5.67. The van der Waals surface area contributed by atoms with Gasteiger partial charge in [-0.05, 0) is 25.7 Å². The number of ether oxygens (including phenoxy) is 1. The van der Waals surface area contributed by atoms with Crippen molar-refractivity contribution in [3.63, 3.8) is 0 Å². The topological polar surface area (TPSA) is 61.0 Å². The number of rotatable bonds is 2. The van der Waals surface area contributed by atoms with Gasteiger partial charge in [-0.2, -0.15) is 0 Å². The van der Waals surface area contributed by atoms with Crippen LogP contribution in [0.3, 0.4) is 0 Å². The Kier molecular flexibility index (Phi) is 2.93. The molecule has 0 saturated heterocycles. The molecule has 4 heteroatoms. The maximum absolute atomic E-state index is 5.81. The molecule has 0 unspecified atom stereocenters. The Bertz CT molecular complexity index is 270. The van der Waals surface area contributed by atoms with Gasteiger partial charge in [0.1, 0.15) is 6.10 Å². The van der Waals surface area contributed by atoms with E-state index in [1.807, 2.05) is 0 Å². The van der Waals surface area contributed by atoms with Crippen molar-refractivity contribution in [1.29, 1.82) is 0 Å². The third-order valence-corrected chi connectivity index (χ3v) is 2.55. The molecule has 1 aromatic heterocycles. The molecule has 0 atom stereocenters. The second kappa shape index (κ2) is 4.37. The molecule has 2 N–H and O–H groups in total. The average Bonchev–Trinajstić information content (AvgIpc) is 2.23. The molecule has 0 radical (unpaired) electrons. The van der Waals surface area contributed by atoms with Crippen molar-refractivity contribution >= 4 is 0 Å². The zero-order chi connectivity index (χ0) is 9.80. The highest BCUT2D eigenvalue weighted by molar-refractivity contribution is 5.02. The molecule has 2 rings (SSSR count). The van der Waals surface area contributed by atoms with Crippen LogP contribution in [0.15, 0.2) is 18.6 Å². The maximum atomic E-state index is 5.81. The Morgan fingerprint density at radius 3 is 2.64 bits per heavy atom. The maximum Gasteiger partial charge on any atom is 0.232 e. The molecule has 1 fully saturated rings. The Morgan fingerprint density at radius 1 is 1.21 bits per heavy atom. The van der Waals surface area contributed by atoms with E-state index in [-0.39, 0.29) is 6.10 Å². The minimum absolute atomic E-state index is 0.270. The van der Waals surface area contributed by atoms with Crippen molar-refractivity contribution < 1.29 is 4.74 Å². The normalized spacial score (nSPS) is 27.2. The highest BCUT2D eigenvalue weighted by atomic mass is 16.5. The molecule has 1 saturated carbocycles. The minimum Gasteiger partial charge on any atom is -0.473 e. The summed E-state index contributed by atoms with van der Waals surface area (Å²) in [6.45, 7) is 0. The number of hydrogen-bond acceptors (Lipinski definition) is 4. The van der Waals surface area contributed by atoms with E-state index in [0.29, 0.717) is 11.9 Å². The van der Waals surface area contributed by atoms with Gasteiger partial charge in [0.05, 0.1) is 6.20 Å². The summed E-state index contributed by atoms with van der Waals surface area (Å²) in [5.74, 6) is 0.618. The first kappa shape index (κ1) is 9.40. The molecule has 1 heterocycles. The van der Waals surface area contributed by atoms with Crippen LogP contribution >= 0.6 is 0 Å². The molecular formula is C10H15N3O. The van der Waals surface area contributed by atoms with E-state index >= 15 is 0 Å². The molecule has 14 heavy (non-hydrogen) atoms. The first-order chi connectivity index (χ1) is 6.84. The molecule has 0 spiro atoms. The van der Waals surface area contributed by atoms with E-state index < -0.39 is 0 Å². The van der Waals surface area contributed by atoms with Crippen molar-refractivity contribution in [2.24, 2.45) is 5.73 Å². The van der Waals surface area contributed by atoms with Crippen LogP contribution in [0.1, 0.15) is 25.7 Å². The lowest BCUT2D eigenvalue weighted by Crippen LogP contribution is -2.31. The van der Waals surface area contributed by atoms with Gasteiger partial charge in [0, 0.05) is 18.4 Å². The first-order valence-electron chi connectivity index (χ1n) is 5.03. The first-order valence-corrected chi connectivity index (χ1v) is 5.03. The Balaban J connectivity index is 1.87. The van der Waals surface area contributed by atoms with Crippen molar-refractivity contribution in [2.75, 3.05) is 0 Å². The Morgan fingerprint density at radius 2 is 2.00 bits per heavy atom. The number of aromatic nitrogens is 2. The van der Waals surface area contributed by atoms with E-state index in [2.05, 4.69) is 9.97 Å². The third-order valence-electron chi connectivity index (χ3n) is 2.55. The SMILES string of the molecule is NC1CCC(Oc2cnccn2)CC1. The molecule has 1 aromatic rings. The van der Waals surface area contributed by atoms with Crippen LogP contribution in [-0.4, -0.2) is 22.1 Å². The van der Waals surface area contributed by atoms with Crippen molar-refractivity contribution in [1.82, 2.24) is 9.97 Å². The molecule has 76 valence electrons. The van der Waals surface area contributed by atoms with Crippen LogP contribution in [0.4, 0.5) is 0 Å². The lowest BCUT2D eigenvalue weighted by molar-refractivity contribution is 0.140. The zero-order valence-corrected chi connectivity index (χ0v) is 8.10. The highest BCUT2D eigenvalue weighted by Crippen LogP contribution is 2.20. The fraction of sp³-hybridized carbons (Fsp3) is 0.600. The number of nitrogens with two attached hydrogens (primary N) is 1. The monoisotopic (exact) mass is 193 g/mol. The Hall–Kier alpha value is -1.16. The minimum atomic E-state index is 0.270. The second-order valence-corrected chi connectivity index (χ2v) is 3.70. The summed E-state index contributed by atoms with van der Waals surface area (Å²) in [6, 6.07) is 0.358. The molecule has 0 aliphatic heterocycles. The summed E-state index contributed by atoms with van der Waals surface area (Å²) >= 11 is 0. The van der Waals surface area contributed by atoms with Crippen LogP contribution in [0.25, 0.3) is 0 Å². The van der Waals surface area contributed by atoms with Crippen molar-refractivity contribution in [3.8, 4) is 5.88 Å². The van der Waals surface area contributed by atoms with Gasteiger partial charge in [-0.15, -0.1) is 0 Å². The largest absolute Gasteiger partial charge is 0.473 e. The zero-order valence-electron chi connectivity index (χ0n) is 8.10. The van der Waals surface area contributed by atoms with Gasteiger partial charge in [-0.3, -0.25) is 4.98 Å². The van der Waals surface area contributed by atoms with Crippen LogP contribution < -0.4 is 10.5 Å². The van der Waals surface area contributed by atoms with E-state index in [0.717, 1.165) is 25.7 Å². The molecule has 0 amide bonds. The van der Waals surface area contributed by atoms with Gasteiger partial charge in [-0.1, -0.05) is 0 Å². The Labute approximate surface area is 83.5 Å². The summed E-state index contributed by atoms with van der Waals surface area (Å²) in [4.78, 5) is 8.03. The predicted octanol–water partition coefficient (Wildman–Crippen LogP) is 1.13. The molecular weight excluding hydrogens is 178 g/mol. The number of hydrogen-bond donors (Lipinski definition) is 1. The van der Waals surface area contributed by atoms with Gasteiger partial charge in [-0.25, -0.2) is 4.98 Å². The average molecular weight is 193 g/mol. The summed E-state index contributed by atoms with van der Waals surface area (Å²) in [5.41, 5.74) is 5.81. The van der Waals surface area contributed by atoms with E-state index in [4.69, 9.17) is 10.5 Å². The molecule has 1 aliphatic carbocycles. The molecule has 0 bridgehead atoms. The standard InChI is InChI=1S/C10H15N3O/c11-8-1-3-9(4-2-8)14-10-7-12-5-6-13-10/h5-9H,1-4,11H2. The van der Waals surface area contributed by atoms with E-state index in [9.17, 15) is 0 Å². The van der Waals surface area contributed by atoms with Crippen LogP contribution in [-0.2, 0) is 0 Å². The fourth-order valence-electron chi connectivity index (χ4n) is 1.72. The highest BCUT2D eigenvalue weighted by Gasteiger charge is 2.19. The lowest BCUT2D eigenvalue weighted by Gasteiger charge is -2.25. The molecule has 4 nitrogen and oxygen atoms in total. The summed E-state index contributed by atoms with van der Waals surface area (Å²) in [6.07, 6.45) is 9.35. The van der Waals surface area contributed by atoms with E-state index in [1.165, 1.54) is 0 Å². The summed E-state index contributed by atoms with van der Waals surface area (Å²) in [7, 11) is 0. The van der Waals surface area contributed by atoms with E-state index in [1.54, 1.807) is 18.6 Å². The summed E-state index contributed by atoms with van der Waals surface area (Å²) in [5, 5.41) is 0. The fourth-order valence-corrected chi connectivity index (χ4v) is 1.72. The van der Waals surface area contributed by atoms with Gasteiger partial charge >= 0.3 is 0 Å². The van der Waals surface area contributed by atoms with Gasteiger partial charge in [0.2, 0.25) is 5.88 Å². The van der Waals surface area contributed by atoms with Crippen LogP contribution in [0.2, 0.25) is 0 Å². The van der Waals surface area contributed by atoms with Gasteiger partial charge in [0.15, 0.2) is 0 Å². The second-order valence-electron chi connectivity index (χ2n) is 3.70. The van der Waals surface area contributed by atoms with Gasteiger partial charge < -0.3 is 10.5 Å². The van der Waals surface area contributed by atoms with Crippen LogP contribution in [0.5, 0.6) is 5.88 Å². The van der Waals surface area contributed by atoms with Gasteiger partial charge in [0.25, 0.3) is 0 Å². The third kappa shape index (κ3) is 2.42. The van der Waals surface area contributed by atoms with Crippen LogP contribution in [0, 0.1) is 0 Å². The molecule has 1 aliphatic rings. The van der Waals surface area contributed by atoms with Crippen molar-refractivity contribution in [3.05, 3.63) is 18.6 Å². The quantitative estimate of drug-likeness (QED) is 0.764.